The van der Waals surface area contributed by atoms with Crippen molar-refractivity contribution in [1.29, 1.82) is 0 Å². The molecule has 3 saturated heterocycles. The number of carbonyl (C=O) groups excluding carboxylic acids is 3. The van der Waals surface area contributed by atoms with Crippen LogP contribution in [0.4, 0.5) is 17.1 Å². The zero-order valence-electron chi connectivity index (χ0n) is 15.7. The average Bonchev–Trinajstić information content (AvgIpc) is 2.55. The minimum atomic E-state index is -0.668. The first-order valence-corrected chi connectivity index (χ1v) is 9.27. The van der Waals surface area contributed by atoms with Gasteiger partial charge in [0, 0.05) is 57.8 Å². The summed E-state index contributed by atoms with van der Waals surface area (Å²) in [6.07, 6.45) is 1.25. The van der Waals surface area contributed by atoms with Crippen LogP contribution < -0.4 is 25.3 Å². The van der Waals surface area contributed by atoms with E-state index in [4.69, 9.17) is 0 Å². The van der Waals surface area contributed by atoms with Gasteiger partial charge in [-0.05, 0) is 24.6 Å². The van der Waals surface area contributed by atoms with Crippen molar-refractivity contribution in [2.45, 2.75) is 18.9 Å². The monoisotopic (exact) mass is 371 g/mol. The molecule has 1 spiro atoms. The summed E-state index contributed by atoms with van der Waals surface area (Å²) in [4.78, 5) is 41.2. The molecule has 0 bridgehead atoms. The molecule has 1 aromatic carbocycles. The van der Waals surface area contributed by atoms with Gasteiger partial charge < -0.3 is 20.0 Å². The van der Waals surface area contributed by atoms with E-state index >= 15 is 0 Å². The SMILES string of the molecule is CN(C)c1cc(N2CC3(CNC3)C2)ccc1N(C=O)C1CCC(=O)NC1=O. The highest BCUT2D eigenvalue weighted by Crippen LogP contribution is 2.40. The third-order valence-electron chi connectivity index (χ3n) is 5.80. The van der Waals surface area contributed by atoms with E-state index in [1.807, 2.05) is 31.1 Å². The van der Waals surface area contributed by atoms with Gasteiger partial charge in [0.25, 0.3) is 0 Å². The first-order chi connectivity index (χ1) is 12.9. The molecule has 2 N–H and O–H groups in total. The Kier molecular flexibility index (Phi) is 4.30. The summed E-state index contributed by atoms with van der Waals surface area (Å²) in [5.41, 5.74) is 3.10. The number of carbonyl (C=O) groups is 3. The van der Waals surface area contributed by atoms with Crippen LogP contribution in [0.3, 0.4) is 0 Å². The van der Waals surface area contributed by atoms with Crippen LogP contribution in [0.1, 0.15) is 12.8 Å². The molecule has 0 aliphatic carbocycles. The zero-order valence-corrected chi connectivity index (χ0v) is 15.7. The van der Waals surface area contributed by atoms with Gasteiger partial charge in [-0.1, -0.05) is 0 Å². The number of hydrogen-bond donors (Lipinski definition) is 2. The maximum absolute atomic E-state index is 12.2. The van der Waals surface area contributed by atoms with Crippen LogP contribution in [0.2, 0.25) is 0 Å². The van der Waals surface area contributed by atoms with Gasteiger partial charge >= 0.3 is 0 Å². The van der Waals surface area contributed by atoms with Crippen molar-refractivity contribution in [1.82, 2.24) is 10.6 Å². The molecular weight excluding hydrogens is 346 g/mol. The lowest BCUT2D eigenvalue weighted by Gasteiger charge is -2.57. The van der Waals surface area contributed by atoms with Gasteiger partial charge in [0.05, 0.1) is 11.4 Å². The van der Waals surface area contributed by atoms with Gasteiger partial charge in [0.15, 0.2) is 0 Å². The van der Waals surface area contributed by atoms with E-state index in [1.54, 1.807) is 0 Å². The Labute approximate surface area is 158 Å². The molecule has 3 heterocycles. The van der Waals surface area contributed by atoms with E-state index in [-0.39, 0.29) is 12.3 Å². The first-order valence-electron chi connectivity index (χ1n) is 9.27. The Morgan fingerprint density at radius 2 is 1.93 bits per heavy atom. The van der Waals surface area contributed by atoms with Gasteiger partial charge in [0.2, 0.25) is 18.2 Å². The van der Waals surface area contributed by atoms with E-state index in [0.717, 1.165) is 37.6 Å². The number of nitrogens with zero attached hydrogens (tertiary/aromatic N) is 3. The minimum absolute atomic E-state index is 0.236. The molecule has 8 nitrogen and oxygen atoms in total. The third-order valence-corrected chi connectivity index (χ3v) is 5.80. The van der Waals surface area contributed by atoms with Crippen molar-refractivity contribution in [3.8, 4) is 0 Å². The lowest BCUT2D eigenvalue weighted by Crippen LogP contribution is -2.71. The molecule has 3 aliphatic rings. The highest BCUT2D eigenvalue weighted by Gasteiger charge is 2.47. The number of rotatable bonds is 5. The van der Waals surface area contributed by atoms with Crippen molar-refractivity contribution >= 4 is 35.3 Å². The predicted molar refractivity (Wildman–Crippen MR) is 103 cm³/mol. The van der Waals surface area contributed by atoms with Crippen LogP contribution in [0, 0.1) is 5.41 Å². The second-order valence-corrected chi connectivity index (χ2v) is 8.01. The van der Waals surface area contributed by atoms with Crippen molar-refractivity contribution < 1.29 is 14.4 Å². The fraction of sp³-hybridized carbons (Fsp3) is 0.526. The predicted octanol–water partition coefficient (Wildman–Crippen LogP) is -0.0698. The van der Waals surface area contributed by atoms with E-state index in [2.05, 4.69) is 21.6 Å². The summed E-state index contributed by atoms with van der Waals surface area (Å²) >= 11 is 0. The number of amides is 3. The summed E-state index contributed by atoms with van der Waals surface area (Å²) in [5, 5.41) is 5.66. The summed E-state index contributed by atoms with van der Waals surface area (Å²) in [5.74, 6) is -0.711. The number of nitrogens with one attached hydrogen (secondary N) is 2. The third kappa shape index (κ3) is 3.03. The maximum Gasteiger partial charge on any atom is 0.249 e. The van der Waals surface area contributed by atoms with Gasteiger partial charge in [-0.2, -0.15) is 0 Å². The topological polar surface area (TPSA) is 85.0 Å². The molecule has 0 radical (unpaired) electrons. The summed E-state index contributed by atoms with van der Waals surface area (Å²) in [7, 11) is 3.84. The number of anilines is 3. The zero-order chi connectivity index (χ0) is 19.2. The van der Waals surface area contributed by atoms with E-state index < -0.39 is 11.9 Å². The van der Waals surface area contributed by atoms with E-state index in [1.165, 1.54) is 4.90 Å². The molecule has 3 fully saturated rings. The van der Waals surface area contributed by atoms with Crippen molar-refractivity contribution in [3.05, 3.63) is 18.2 Å². The summed E-state index contributed by atoms with van der Waals surface area (Å²) in [6.45, 7) is 4.24. The fourth-order valence-electron chi connectivity index (χ4n) is 4.18. The second kappa shape index (κ2) is 6.53. The lowest BCUT2D eigenvalue weighted by atomic mass is 9.74. The molecule has 0 aromatic heterocycles. The van der Waals surface area contributed by atoms with Gasteiger partial charge in [0.1, 0.15) is 6.04 Å². The molecule has 4 rings (SSSR count). The molecule has 27 heavy (non-hydrogen) atoms. The quantitative estimate of drug-likeness (QED) is 0.557. The van der Waals surface area contributed by atoms with Crippen molar-refractivity contribution in [2.24, 2.45) is 5.41 Å². The largest absolute Gasteiger partial charge is 0.376 e. The van der Waals surface area contributed by atoms with Crippen molar-refractivity contribution in [3.63, 3.8) is 0 Å². The first kappa shape index (κ1) is 17.8. The highest BCUT2D eigenvalue weighted by atomic mass is 16.2. The standard InChI is InChI=1S/C19H25N5O3/c1-22(2)16-7-13(23-10-19(11-23)8-20-9-19)3-4-14(16)24(12-25)15-5-6-17(26)21-18(15)27/h3-4,7,12,15,20H,5-6,8-11H2,1-2H3,(H,21,26,27). The number of imide groups is 1. The Hall–Kier alpha value is -2.61. The Morgan fingerprint density at radius 1 is 1.19 bits per heavy atom. The molecule has 1 unspecified atom stereocenters. The summed E-state index contributed by atoms with van der Waals surface area (Å²) < 4.78 is 0. The number of piperidine rings is 1. The molecule has 3 amide bonds. The van der Waals surface area contributed by atoms with Gasteiger partial charge in [-0.25, -0.2) is 0 Å². The van der Waals surface area contributed by atoms with Crippen LogP contribution in [-0.2, 0) is 14.4 Å². The van der Waals surface area contributed by atoms with Gasteiger partial charge in [-0.3, -0.25) is 19.7 Å². The van der Waals surface area contributed by atoms with E-state index in [0.29, 0.717) is 23.9 Å². The van der Waals surface area contributed by atoms with Crippen LogP contribution in [0.25, 0.3) is 0 Å². The van der Waals surface area contributed by atoms with Crippen LogP contribution in [0.5, 0.6) is 0 Å². The van der Waals surface area contributed by atoms with Crippen LogP contribution >= 0.6 is 0 Å². The highest BCUT2D eigenvalue weighted by molar-refractivity contribution is 6.04. The smallest absolute Gasteiger partial charge is 0.249 e. The van der Waals surface area contributed by atoms with Crippen LogP contribution in [-0.4, -0.2) is 64.5 Å². The molecule has 144 valence electrons. The maximum atomic E-state index is 12.2. The lowest BCUT2D eigenvalue weighted by molar-refractivity contribution is -0.134. The fourth-order valence-corrected chi connectivity index (χ4v) is 4.18. The number of benzene rings is 1. The molecule has 0 saturated carbocycles. The Balaban J connectivity index is 1.60. The Bertz CT molecular complexity index is 782. The van der Waals surface area contributed by atoms with Gasteiger partial charge in [-0.15, -0.1) is 0 Å². The second-order valence-electron chi connectivity index (χ2n) is 8.01. The van der Waals surface area contributed by atoms with E-state index in [9.17, 15) is 14.4 Å². The molecule has 3 aliphatic heterocycles. The Morgan fingerprint density at radius 3 is 2.48 bits per heavy atom. The average molecular weight is 371 g/mol. The summed E-state index contributed by atoms with van der Waals surface area (Å²) in [6, 6.07) is 5.30. The molecule has 1 aromatic rings. The normalized spacial score (nSPS) is 23.3. The minimum Gasteiger partial charge on any atom is -0.376 e. The number of hydrogen-bond acceptors (Lipinski definition) is 6. The molecule has 8 heteroatoms. The molecular formula is C19H25N5O3. The van der Waals surface area contributed by atoms with Crippen molar-refractivity contribution in [2.75, 3.05) is 55.0 Å². The van der Waals surface area contributed by atoms with Crippen LogP contribution in [0.15, 0.2) is 18.2 Å². The molecule has 1 atom stereocenters.